The van der Waals surface area contributed by atoms with Gasteiger partial charge in [0.25, 0.3) is 0 Å². The Bertz CT molecular complexity index is 680. The van der Waals surface area contributed by atoms with E-state index >= 15 is 0 Å². The van der Waals surface area contributed by atoms with Crippen LogP contribution in [0.4, 0.5) is 0 Å². The van der Waals surface area contributed by atoms with Gasteiger partial charge in [0.05, 0.1) is 10.6 Å². The van der Waals surface area contributed by atoms with Gasteiger partial charge in [0.15, 0.2) is 5.78 Å². The molecule has 0 spiro atoms. The second-order valence-corrected chi connectivity index (χ2v) is 4.87. The highest BCUT2D eigenvalue weighted by Gasteiger charge is 2.17. The van der Waals surface area contributed by atoms with E-state index in [1.54, 1.807) is 0 Å². The quantitative estimate of drug-likeness (QED) is 0.853. The second kappa shape index (κ2) is 6.41. The number of carbonyl (C=O) groups excluding carboxylic acids is 1. The molecule has 0 saturated heterocycles. The molecule has 0 amide bonds. The average Bonchev–Trinajstić information content (AvgIpc) is 2.46. The van der Waals surface area contributed by atoms with Gasteiger partial charge < -0.3 is 9.84 Å². The van der Waals surface area contributed by atoms with E-state index in [2.05, 4.69) is 0 Å². The number of ketones is 1. The van der Waals surface area contributed by atoms with Crippen LogP contribution in [0.2, 0.25) is 5.02 Å². The van der Waals surface area contributed by atoms with Gasteiger partial charge in [-0.05, 0) is 24.6 Å². The highest BCUT2D eigenvalue weighted by Crippen LogP contribution is 2.29. The number of hydrogen-bond acceptors (Lipinski definition) is 3. The third-order valence-corrected chi connectivity index (χ3v) is 3.21. The van der Waals surface area contributed by atoms with Crippen LogP contribution in [0.5, 0.6) is 5.75 Å². The van der Waals surface area contributed by atoms with Crippen molar-refractivity contribution in [1.82, 2.24) is 0 Å². The van der Waals surface area contributed by atoms with Gasteiger partial charge in [-0.2, -0.15) is 0 Å². The van der Waals surface area contributed by atoms with Crippen LogP contribution in [-0.2, 0) is 6.61 Å². The monoisotopic (exact) mass is 304 g/mol. The molecule has 0 bridgehead atoms. The molecule has 5 heteroatoms. The number of carboxylic acid groups (broad SMARTS) is 1. The molecule has 0 atom stereocenters. The van der Waals surface area contributed by atoms with Crippen molar-refractivity contribution in [3.05, 3.63) is 64.2 Å². The molecular weight excluding hydrogens is 292 g/mol. The molecule has 0 aromatic heterocycles. The van der Waals surface area contributed by atoms with Crippen molar-refractivity contribution in [2.24, 2.45) is 0 Å². The lowest BCUT2D eigenvalue weighted by Gasteiger charge is -2.11. The van der Waals surface area contributed by atoms with Crippen LogP contribution in [0.25, 0.3) is 0 Å². The number of halogens is 1. The molecule has 0 radical (unpaired) electrons. The lowest BCUT2D eigenvalue weighted by atomic mass is 10.0. The minimum atomic E-state index is -1.19. The molecule has 0 saturated carbocycles. The number of hydrogen-bond donors (Lipinski definition) is 1. The third kappa shape index (κ3) is 3.61. The maximum Gasteiger partial charge on any atom is 0.336 e. The standard InChI is InChI=1S/C16H13ClO4/c1-10(18)12-7-14(17)15(8-13(12)16(19)20)21-9-11-5-3-2-4-6-11/h2-8H,9H2,1H3,(H,19,20). The van der Waals surface area contributed by atoms with E-state index in [0.717, 1.165) is 5.56 Å². The molecule has 0 aliphatic heterocycles. The van der Waals surface area contributed by atoms with Crippen LogP contribution in [0.3, 0.4) is 0 Å². The maximum absolute atomic E-state index is 11.5. The summed E-state index contributed by atoms with van der Waals surface area (Å²) < 4.78 is 5.54. The number of aromatic carboxylic acids is 1. The van der Waals surface area contributed by atoms with Gasteiger partial charge in [-0.25, -0.2) is 4.79 Å². The van der Waals surface area contributed by atoms with Gasteiger partial charge in [0.1, 0.15) is 12.4 Å². The van der Waals surface area contributed by atoms with Crippen LogP contribution in [0, 0.1) is 0 Å². The summed E-state index contributed by atoms with van der Waals surface area (Å²) >= 11 is 6.05. The van der Waals surface area contributed by atoms with Crippen LogP contribution in [0.15, 0.2) is 42.5 Å². The van der Waals surface area contributed by atoms with Crippen molar-refractivity contribution in [3.63, 3.8) is 0 Å². The first kappa shape index (κ1) is 15.1. The van der Waals surface area contributed by atoms with Crippen molar-refractivity contribution < 1.29 is 19.4 Å². The minimum Gasteiger partial charge on any atom is -0.487 e. The van der Waals surface area contributed by atoms with Crippen molar-refractivity contribution in [2.75, 3.05) is 0 Å². The molecule has 0 fully saturated rings. The van der Waals surface area contributed by atoms with Gasteiger partial charge in [0, 0.05) is 5.56 Å². The Balaban J connectivity index is 2.30. The highest BCUT2D eigenvalue weighted by atomic mass is 35.5. The number of rotatable bonds is 5. The van der Waals surface area contributed by atoms with E-state index in [1.807, 2.05) is 30.3 Å². The van der Waals surface area contributed by atoms with Crippen molar-refractivity contribution in [3.8, 4) is 5.75 Å². The molecule has 0 aliphatic carbocycles. The summed E-state index contributed by atoms with van der Waals surface area (Å²) in [4.78, 5) is 22.7. The minimum absolute atomic E-state index is 0.0690. The summed E-state index contributed by atoms with van der Waals surface area (Å²) in [6.45, 7) is 1.56. The van der Waals surface area contributed by atoms with E-state index in [1.165, 1.54) is 19.1 Å². The van der Waals surface area contributed by atoms with Crippen molar-refractivity contribution in [2.45, 2.75) is 13.5 Å². The molecule has 21 heavy (non-hydrogen) atoms. The normalized spacial score (nSPS) is 10.2. The predicted octanol–water partition coefficient (Wildman–Crippen LogP) is 3.82. The van der Waals surface area contributed by atoms with Crippen LogP contribution in [-0.4, -0.2) is 16.9 Å². The fourth-order valence-electron chi connectivity index (χ4n) is 1.87. The smallest absolute Gasteiger partial charge is 0.336 e. The maximum atomic E-state index is 11.5. The number of benzene rings is 2. The largest absolute Gasteiger partial charge is 0.487 e. The van der Waals surface area contributed by atoms with Gasteiger partial charge >= 0.3 is 5.97 Å². The first-order valence-corrected chi connectivity index (χ1v) is 6.61. The molecule has 1 N–H and O–H groups in total. The Morgan fingerprint density at radius 3 is 2.38 bits per heavy atom. The van der Waals surface area contributed by atoms with Crippen molar-refractivity contribution >= 4 is 23.4 Å². The van der Waals surface area contributed by atoms with Gasteiger partial charge in [-0.3, -0.25) is 4.79 Å². The lowest BCUT2D eigenvalue weighted by molar-refractivity contribution is 0.0691. The molecule has 2 aromatic carbocycles. The summed E-state index contributed by atoms with van der Waals surface area (Å²) in [6.07, 6.45) is 0. The SMILES string of the molecule is CC(=O)c1cc(Cl)c(OCc2ccccc2)cc1C(=O)O. The summed E-state index contributed by atoms with van der Waals surface area (Å²) in [6, 6.07) is 12.0. The van der Waals surface area contributed by atoms with Gasteiger partial charge in [-0.1, -0.05) is 41.9 Å². The topological polar surface area (TPSA) is 63.6 Å². The average molecular weight is 305 g/mol. The number of Topliss-reactive ketones (excluding diaryl/α,β-unsaturated/α-hetero) is 1. The zero-order chi connectivity index (χ0) is 15.4. The van der Waals surface area contributed by atoms with E-state index in [0.29, 0.717) is 0 Å². The Hall–Kier alpha value is -2.33. The Kier molecular flexibility index (Phi) is 4.60. The number of carbonyl (C=O) groups is 2. The fraction of sp³-hybridized carbons (Fsp3) is 0.125. The molecule has 2 rings (SSSR count). The fourth-order valence-corrected chi connectivity index (χ4v) is 2.09. The summed E-state index contributed by atoms with van der Waals surface area (Å²) in [5, 5.41) is 9.37. The lowest BCUT2D eigenvalue weighted by Crippen LogP contribution is -2.07. The Morgan fingerprint density at radius 2 is 1.81 bits per heavy atom. The summed E-state index contributed by atoms with van der Waals surface area (Å²) in [5.41, 5.74) is 0.885. The third-order valence-electron chi connectivity index (χ3n) is 2.92. The van der Waals surface area contributed by atoms with E-state index < -0.39 is 5.97 Å². The molecular formula is C16H13ClO4. The molecule has 0 heterocycles. The molecule has 2 aromatic rings. The van der Waals surface area contributed by atoms with Gasteiger partial charge in [0.2, 0.25) is 0 Å². The Labute approximate surface area is 126 Å². The van der Waals surface area contributed by atoms with Crippen LogP contribution < -0.4 is 4.74 Å². The molecule has 0 unspecified atom stereocenters. The van der Waals surface area contributed by atoms with Crippen LogP contribution >= 0.6 is 11.6 Å². The zero-order valence-electron chi connectivity index (χ0n) is 11.3. The molecule has 4 nitrogen and oxygen atoms in total. The summed E-state index contributed by atoms with van der Waals surface area (Å²) in [7, 11) is 0. The highest BCUT2D eigenvalue weighted by molar-refractivity contribution is 6.32. The second-order valence-electron chi connectivity index (χ2n) is 4.46. The molecule has 0 aliphatic rings. The molecule has 108 valence electrons. The number of carboxylic acids is 1. The number of ether oxygens (including phenoxy) is 1. The first-order valence-electron chi connectivity index (χ1n) is 6.23. The zero-order valence-corrected chi connectivity index (χ0v) is 12.1. The first-order chi connectivity index (χ1) is 9.99. The van der Waals surface area contributed by atoms with Gasteiger partial charge in [-0.15, -0.1) is 0 Å². The van der Waals surface area contributed by atoms with Crippen molar-refractivity contribution in [1.29, 1.82) is 0 Å². The predicted molar refractivity (Wildman–Crippen MR) is 79.2 cm³/mol. The van der Waals surface area contributed by atoms with Crippen LogP contribution in [0.1, 0.15) is 33.2 Å². The van der Waals surface area contributed by atoms with E-state index in [-0.39, 0.29) is 34.3 Å². The Morgan fingerprint density at radius 1 is 1.14 bits per heavy atom. The van der Waals surface area contributed by atoms with E-state index in [9.17, 15) is 9.59 Å². The van der Waals surface area contributed by atoms with E-state index in [4.69, 9.17) is 21.4 Å². The summed E-state index contributed by atoms with van der Waals surface area (Å²) in [5.74, 6) is -1.31.